The molecule has 20 heavy (non-hydrogen) atoms. The first-order chi connectivity index (χ1) is 9.29. The Balaban J connectivity index is 2.46. The number of rotatable bonds is 3. The number of hydrogen-bond acceptors (Lipinski definition) is 4. The number of aryl methyl sites for hydroxylation is 1. The molecule has 0 unspecified atom stereocenters. The van der Waals surface area contributed by atoms with Crippen LogP contribution in [0.15, 0.2) is 35.5 Å². The molecule has 5 nitrogen and oxygen atoms in total. The number of aromatic nitrogens is 1. The van der Waals surface area contributed by atoms with E-state index in [-0.39, 0.29) is 20.6 Å². The van der Waals surface area contributed by atoms with E-state index in [0.717, 1.165) is 5.56 Å². The van der Waals surface area contributed by atoms with Crippen molar-refractivity contribution in [2.45, 2.75) is 11.8 Å². The van der Waals surface area contributed by atoms with E-state index in [1.54, 1.807) is 19.2 Å². The van der Waals surface area contributed by atoms with Crippen molar-refractivity contribution in [1.29, 1.82) is 0 Å². The van der Waals surface area contributed by atoms with Crippen LogP contribution in [0.1, 0.15) is 5.56 Å². The summed E-state index contributed by atoms with van der Waals surface area (Å²) in [6, 6.07) is 4.30. The van der Waals surface area contributed by atoms with Gasteiger partial charge in [0.05, 0.1) is 21.9 Å². The Labute approximate surface area is 126 Å². The van der Waals surface area contributed by atoms with Crippen molar-refractivity contribution in [2.24, 2.45) is 0 Å². The lowest BCUT2D eigenvalue weighted by molar-refractivity contribution is 0.601. The Morgan fingerprint density at radius 1 is 1.15 bits per heavy atom. The lowest BCUT2D eigenvalue weighted by Gasteiger charge is -2.11. The summed E-state index contributed by atoms with van der Waals surface area (Å²) in [4.78, 5) is 3.70. The van der Waals surface area contributed by atoms with Crippen LogP contribution in [0.25, 0.3) is 0 Å². The van der Waals surface area contributed by atoms with Crippen LogP contribution in [0.3, 0.4) is 0 Å². The maximum atomic E-state index is 12.3. The van der Waals surface area contributed by atoms with Crippen LogP contribution >= 0.6 is 23.2 Å². The molecule has 0 radical (unpaired) electrons. The number of hydrogen-bond donors (Lipinski definition) is 2. The van der Waals surface area contributed by atoms with Crippen molar-refractivity contribution < 1.29 is 8.42 Å². The first-order valence-corrected chi connectivity index (χ1v) is 7.72. The van der Waals surface area contributed by atoms with Gasteiger partial charge in [-0.15, -0.1) is 0 Å². The summed E-state index contributed by atoms with van der Waals surface area (Å²) in [6.45, 7) is 1.80. The van der Waals surface area contributed by atoms with E-state index in [1.165, 1.54) is 18.3 Å². The van der Waals surface area contributed by atoms with E-state index in [2.05, 4.69) is 9.71 Å². The van der Waals surface area contributed by atoms with Gasteiger partial charge in [-0.3, -0.25) is 9.71 Å². The molecule has 2 aromatic rings. The zero-order chi connectivity index (χ0) is 14.9. The van der Waals surface area contributed by atoms with Gasteiger partial charge in [0.2, 0.25) is 0 Å². The van der Waals surface area contributed by atoms with Crippen LogP contribution < -0.4 is 10.5 Å². The molecule has 0 aliphatic carbocycles. The van der Waals surface area contributed by atoms with E-state index < -0.39 is 10.0 Å². The number of sulfonamides is 1. The quantitative estimate of drug-likeness (QED) is 0.846. The zero-order valence-corrected chi connectivity index (χ0v) is 12.7. The summed E-state index contributed by atoms with van der Waals surface area (Å²) in [5, 5.41) is -0.0776. The molecular weight excluding hydrogens is 321 g/mol. The Morgan fingerprint density at radius 2 is 1.75 bits per heavy atom. The molecule has 0 bridgehead atoms. The summed E-state index contributed by atoms with van der Waals surface area (Å²) < 4.78 is 27.0. The zero-order valence-electron chi connectivity index (χ0n) is 10.4. The van der Waals surface area contributed by atoms with Crippen molar-refractivity contribution in [3.05, 3.63) is 46.2 Å². The lowest BCUT2D eigenvalue weighted by atomic mass is 10.3. The maximum Gasteiger partial charge on any atom is 0.264 e. The third-order valence-electron chi connectivity index (χ3n) is 2.42. The van der Waals surface area contributed by atoms with Crippen molar-refractivity contribution in [3.63, 3.8) is 0 Å². The molecule has 2 rings (SSSR count). The molecule has 0 spiro atoms. The average molecular weight is 332 g/mol. The minimum absolute atomic E-state index is 0.0388. The molecule has 0 amide bonds. The molecule has 3 N–H and O–H groups in total. The highest BCUT2D eigenvalue weighted by molar-refractivity contribution is 7.93. The Morgan fingerprint density at radius 3 is 2.30 bits per heavy atom. The highest BCUT2D eigenvalue weighted by atomic mass is 35.5. The van der Waals surface area contributed by atoms with Gasteiger partial charge in [0, 0.05) is 11.9 Å². The second kappa shape index (κ2) is 5.47. The van der Waals surface area contributed by atoms with Crippen LogP contribution in [0.4, 0.5) is 11.4 Å². The SMILES string of the molecule is Cc1cncc(NS(=O)(=O)c2c(Cl)cc(N)cc2Cl)c1. The molecule has 0 atom stereocenters. The van der Waals surface area contributed by atoms with Crippen LogP contribution in [0.5, 0.6) is 0 Å². The van der Waals surface area contributed by atoms with Gasteiger partial charge >= 0.3 is 0 Å². The van der Waals surface area contributed by atoms with Gasteiger partial charge in [-0.1, -0.05) is 23.2 Å². The fourth-order valence-corrected chi connectivity index (χ4v) is 3.92. The van der Waals surface area contributed by atoms with Crippen molar-refractivity contribution in [1.82, 2.24) is 4.98 Å². The number of nitrogens with two attached hydrogens (primary N) is 1. The van der Waals surface area contributed by atoms with E-state index >= 15 is 0 Å². The largest absolute Gasteiger partial charge is 0.399 e. The molecule has 0 saturated carbocycles. The monoisotopic (exact) mass is 331 g/mol. The van der Waals surface area contributed by atoms with Gasteiger partial charge in [-0.05, 0) is 30.7 Å². The normalized spacial score (nSPS) is 11.3. The van der Waals surface area contributed by atoms with Crippen molar-refractivity contribution in [3.8, 4) is 0 Å². The minimum atomic E-state index is -3.92. The van der Waals surface area contributed by atoms with Crippen LogP contribution in [0.2, 0.25) is 10.0 Å². The average Bonchev–Trinajstić information content (AvgIpc) is 2.25. The fraction of sp³-hybridized carbons (Fsp3) is 0.0833. The molecule has 8 heteroatoms. The third-order valence-corrected chi connectivity index (χ3v) is 4.72. The van der Waals surface area contributed by atoms with Crippen LogP contribution in [0, 0.1) is 6.92 Å². The topological polar surface area (TPSA) is 85.1 Å². The Bertz CT molecular complexity index is 740. The lowest BCUT2D eigenvalue weighted by Crippen LogP contribution is -2.14. The molecular formula is C12H11Cl2N3O2S. The third kappa shape index (κ3) is 3.15. The number of nitrogens with one attached hydrogen (secondary N) is 1. The minimum Gasteiger partial charge on any atom is -0.399 e. The fourth-order valence-electron chi connectivity index (χ4n) is 1.65. The first kappa shape index (κ1) is 14.9. The molecule has 0 aliphatic rings. The highest BCUT2D eigenvalue weighted by Crippen LogP contribution is 2.32. The number of nitrogen functional groups attached to an aromatic ring is 1. The summed E-state index contributed by atoms with van der Waals surface area (Å²) in [6.07, 6.45) is 3.00. The van der Waals surface area contributed by atoms with E-state index in [1.807, 2.05) is 0 Å². The number of halogens is 2. The van der Waals surface area contributed by atoms with Crippen LogP contribution in [-0.2, 0) is 10.0 Å². The van der Waals surface area contributed by atoms with Gasteiger partial charge in [-0.25, -0.2) is 8.42 Å². The van der Waals surface area contributed by atoms with Crippen LogP contribution in [-0.4, -0.2) is 13.4 Å². The van der Waals surface area contributed by atoms with E-state index in [0.29, 0.717) is 5.69 Å². The highest BCUT2D eigenvalue weighted by Gasteiger charge is 2.22. The summed E-state index contributed by atoms with van der Waals surface area (Å²) in [7, 11) is -3.92. The molecule has 1 aromatic carbocycles. The summed E-state index contributed by atoms with van der Waals surface area (Å²) in [5.41, 5.74) is 6.98. The molecule has 0 saturated heterocycles. The van der Waals surface area contributed by atoms with E-state index in [4.69, 9.17) is 28.9 Å². The van der Waals surface area contributed by atoms with Gasteiger partial charge in [0.25, 0.3) is 10.0 Å². The molecule has 0 fully saturated rings. The predicted molar refractivity (Wildman–Crippen MR) is 80.7 cm³/mol. The van der Waals surface area contributed by atoms with Gasteiger partial charge < -0.3 is 5.73 Å². The molecule has 1 aromatic heterocycles. The maximum absolute atomic E-state index is 12.3. The predicted octanol–water partition coefficient (Wildman–Crippen LogP) is 3.08. The smallest absolute Gasteiger partial charge is 0.264 e. The van der Waals surface area contributed by atoms with E-state index in [9.17, 15) is 8.42 Å². The Hall–Kier alpha value is -1.50. The molecule has 106 valence electrons. The first-order valence-electron chi connectivity index (χ1n) is 5.48. The summed E-state index contributed by atoms with van der Waals surface area (Å²) in [5.74, 6) is 0. The number of anilines is 2. The number of nitrogens with zero attached hydrogens (tertiary/aromatic N) is 1. The molecule has 1 heterocycles. The Kier molecular flexibility index (Phi) is 4.08. The summed E-state index contributed by atoms with van der Waals surface area (Å²) >= 11 is 11.8. The van der Waals surface area contributed by atoms with Gasteiger partial charge in [-0.2, -0.15) is 0 Å². The van der Waals surface area contributed by atoms with Crippen molar-refractivity contribution >= 4 is 44.6 Å². The van der Waals surface area contributed by atoms with Crippen molar-refractivity contribution in [2.75, 3.05) is 10.5 Å². The second-order valence-corrected chi connectivity index (χ2v) is 6.60. The number of benzene rings is 1. The number of pyridine rings is 1. The molecule has 0 aliphatic heterocycles. The standard InChI is InChI=1S/C12H11Cl2N3O2S/c1-7-2-9(6-16-5-7)17-20(18,19)12-10(13)3-8(15)4-11(12)14/h2-6,17H,15H2,1H3. The van der Waals surface area contributed by atoms with Gasteiger partial charge in [0.15, 0.2) is 0 Å². The second-order valence-electron chi connectivity index (χ2n) is 4.17. The van der Waals surface area contributed by atoms with Gasteiger partial charge in [0.1, 0.15) is 4.90 Å².